The first-order valence-corrected chi connectivity index (χ1v) is 4.15. The summed E-state index contributed by atoms with van der Waals surface area (Å²) in [6.45, 7) is 9.87. The van der Waals surface area contributed by atoms with E-state index >= 15 is 0 Å². The molecule has 2 nitrogen and oxygen atoms in total. The Hall–Kier alpha value is -0.790. The van der Waals surface area contributed by atoms with Crippen molar-refractivity contribution in [2.24, 2.45) is 10.7 Å². The number of rotatable bonds is 1. The van der Waals surface area contributed by atoms with Crippen LogP contribution < -0.4 is 5.73 Å². The van der Waals surface area contributed by atoms with Gasteiger partial charge in [-0.1, -0.05) is 33.8 Å². The SMILES string of the molecule is C/C=C(/N)C=NC.CC.CC. The van der Waals surface area contributed by atoms with Crippen molar-refractivity contribution in [2.75, 3.05) is 7.05 Å². The van der Waals surface area contributed by atoms with Crippen molar-refractivity contribution in [3.05, 3.63) is 11.8 Å². The third-order valence-electron chi connectivity index (χ3n) is 0.612. The fraction of sp³-hybridized carbons (Fsp3) is 0.667. The molecule has 2 heteroatoms. The lowest BCUT2D eigenvalue weighted by molar-refractivity contribution is 1.40. The Balaban J connectivity index is -0.000000138. The van der Waals surface area contributed by atoms with Crippen molar-refractivity contribution in [3.63, 3.8) is 0 Å². The summed E-state index contributed by atoms with van der Waals surface area (Å²) in [5.74, 6) is 0. The Labute approximate surface area is 71.2 Å². The summed E-state index contributed by atoms with van der Waals surface area (Å²) in [6.07, 6.45) is 3.41. The zero-order chi connectivity index (χ0) is 9.70. The minimum atomic E-state index is 0.711. The van der Waals surface area contributed by atoms with Crippen molar-refractivity contribution in [1.82, 2.24) is 0 Å². The molecular formula is C9H22N2. The molecule has 0 aromatic rings. The maximum atomic E-state index is 5.30. The number of hydrogen-bond acceptors (Lipinski definition) is 2. The lowest BCUT2D eigenvalue weighted by Crippen LogP contribution is -1.95. The maximum Gasteiger partial charge on any atom is 0.0452 e. The average molecular weight is 158 g/mol. The minimum Gasteiger partial charge on any atom is -0.398 e. The normalized spacial score (nSPS) is 9.45. The largest absolute Gasteiger partial charge is 0.398 e. The maximum absolute atomic E-state index is 5.30. The van der Waals surface area contributed by atoms with Gasteiger partial charge in [-0.15, -0.1) is 0 Å². The molecule has 0 spiro atoms. The molecule has 0 unspecified atom stereocenters. The monoisotopic (exact) mass is 158 g/mol. The van der Waals surface area contributed by atoms with Crippen LogP contribution in [-0.2, 0) is 0 Å². The molecule has 0 aliphatic heterocycles. The van der Waals surface area contributed by atoms with E-state index in [1.807, 2.05) is 34.6 Å². The van der Waals surface area contributed by atoms with Gasteiger partial charge >= 0.3 is 0 Å². The predicted molar refractivity (Wildman–Crippen MR) is 55.1 cm³/mol. The molecule has 2 N–H and O–H groups in total. The Morgan fingerprint density at radius 1 is 1.18 bits per heavy atom. The Kier molecular flexibility index (Phi) is 34.6. The van der Waals surface area contributed by atoms with Crippen LogP contribution in [0.15, 0.2) is 16.8 Å². The molecule has 0 fully saturated rings. The van der Waals surface area contributed by atoms with E-state index in [0.29, 0.717) is 5.70 Å². The highest BCUT2D eigenvalue weighted by molar-refractivity contribution is 5.76. The lowest BCUT2D eigenvalue weighted by atomic mass is 10.5. The molecule has 0 aliphatic rings. The minimum absolute atomic E-state index is 0.711. The molecule has 0 heterocycles. The highest BCUT2D eigenvalue weighted by atomic mass is 14.7. The summed E-state index contributed by atoms with van der Waals surface area (Å²) < 4.78 is 0. The van der Waals surface area contributed by atoms with Crippen molar-refractivity contribution in [1.29, 1.82) is 0 Å². The first-order chi connectivity index (χ1) is 5.31. The van der Waals surface area contributed by atoms with E-state index < -0.39 is 0 Å². The molecular weight excluding hydrogens is 136 g/mol. The van der Waals surface area contributed by atoms with Crippen molar-refractivity contribution in [3.8, 4) is 0 Å². The van der Waals surface area contributed by atoms with Crippen LogP contribution in [0.5, 0.6) is 0 Å². The first-order valence-electron chi connectivity index (χ1n) is 4.15. The van der Waals surface area contributed by atoms with Crippen LogP contribution in [0.25, 0.3) is 0 Å². The van der Waals surface area contributed by atoms with E-state index in [4.69, 9.17) is 5.73 Å². The van der Waals surface area contributed by atoms with E-state index in [1.54, 1.807) is 19.3 Å². The van der Waals surface area contributed by atoms with Gasteiger partial charge in [0.2, 0.25) is 0 Å². The van der Waals surface area contributed by atoms with E-state index in [0.717, 1.165) is 0 Å². The van der Waals surface area contributed by atoms with Gasteiger partial charge in [0.05, 0.1) is 0 Å². The zero-order valence-electron chi connectivity index (χ0n) is 8.68. The van der Waals surface area contributed by atoms with Crippen molar-refractivity contribution >= 4 is 6.21 Å². The fourth-order valence-corrected chi connectivity index (χ4v) is 0.224. The molecule has 0 aromatic heterocycles. The van der Waals surface area contributed by atoms with Gasteiger partial charge in [0, 0.05) is 19.0 Å². The summed E-state index contributed by atoms with van der Waals surface area (Å²) in [5, 5.41) is 0. The summed E-state index contributed by atoms with van der Waals surface area (Å²) in [4.78, 5) is 3.69. The summed E-state index contributed by atoms with van der Waals surface area (Å²) >= 11 is 0. The van der Waals surface area contributed by atoms with Gasteiger partial charge in [-0.3, -0.25) is 4.99 Å². The number of aliphatic imine (C=N–C) groups is 1. The smallest absolute Gasteiger partial charge is 0.0452 e. The second-order valence-electron chi connectivity index (χ2n) is 1.18. The molecule has 0 aromatic carbocycles. The zero-order valence-corrected chi connectivity index (χ0v) is 8.68. The van der Waals surface area contributed by atoms with E-state index in [1.165, 1.54) is 0 Å². The second-order valence-corrected chi connectivity index (χ2v) is 1.18. The van der Waals surface area contributed by atoms with Crippen LogP contribution in [0, 0.1) is 0 Å². The van der Waals surface area contributed by atoms with E-state index in [-0.39, 0.29) is 0 Å². The van der Waals surface area contributed by atoms with Crippen LogP contribution in [0.1, 0.15) is 34.6 Å². The van der Waals surface area contributed by atoms with Gasteiger partial charge in [0.1, 0.15) is 0 Å². The summed E-state index contributed by atoms with van der Waals surface area (Å²) in [5.41, 5.74) is 6.01. The molecule has 0 radical (unpaired) electrons. The fourth-order valence-electron chi connectivity index (χ4n) is 0.224. The Morgan fingerprint density at radius 2 is 1.55 bits per heavy atom. The van der Waals surface area contributed by atoms with Crippen molar-refractivity contribution < 1.29 is 0 Å². The standard InChI is InChI=1S/C5H10N2.2C2H6/c1-3-5(6)4-7-2;2*1-2/h3-4H,6H2,1-2H3;2*1-2H3/b5-3+,7-4?;;. The van der Waals surface area contributed by atoms with Gasteiger partial charge in [-0.05, 0) is 6.92 Å². The molecule has 11 heavy (non-hydrogen) atoms. The van der Waals surface area contributed by atoms with Gasteiger partial charge in [0.15, 0.2) is 0 Å². The average Bonchev–Trinajstić information content (AvgIpc) is 2.12. The van der Waals surface area contributed by atoms with Gasteiger partial charge in [-0.2, -0.15) is 0 Å². The van der Waals surface area contributed by atoms with Crippen LogP contribution >= 0.6 is 0 Å². The lowest BCUT2D eigenvalue weighted by Gasteiger charge is -1.82. The van der Waals surface area contributed by atoms with Crippen LogP contribution in [-0.4, -0.2) is 13.3 Å². The molecule has 0 aliphatic carbocycles. The van der Waals surface area contributed by atoms with Crippen LogP contribution in [0.2, 0.25) is 0 Å². The number of hydrogen-bond donors (Lipinski definition) is 1. The third-order valence-corrected chi connectivity index (χ3v) is 0.612. The number of nitrogens with two attached hydrogens (primary N) is 1. The van der Waals surface area contributed by atoms with E-state index in [2.05, 4.69) is 4.99 Å². The van der Waals surface area contributed by atoms with E-state index in [9.17, 15) is 0 Å². The molecule has 0 bridgehead atoms. The second kappa shape index (κ2) is 22.9. The predicted octanol–water partition coefficient (Wildman–Crippen LogP) is 2.60. The molecule has 68 valence electrons. The van der Waals surface area contributed by atoms with Gasteiger partial charge < -0.3 is 5.73 Å². The van der Waals surface area contributed by atoms with Crippen LogP contribution in [0.3, 0.4) is 0 Å². The van der Waals surface area contributed by atoms with Crippen LogP contribution in [0.4, 0.5) is 0 Å². The highest BCUT2D eigenvalue weighted by Gasteiger charge is 1.71. The number of nitrogens with zero attached hydrogens (tertiary/aromatic N) is 1. The highest BCUT2D eigenvalue weighted by Crippen LogP contribution is 1.72. The number of allylic oxidation sites excluding steroid dienone is 2. The summed E-state index contributed by atoms with van der Waals surface area (Å²) in [6, 6.07) is 0. The first kappa shape index (κ1) is 16.7. The van der Waals surface area contributed by atoms with Crippen molar-refractivity contribution in [2.45, 2.75) is 34.6 Å². The Morgan fingerprint density at radius 3 is 1.64 bits per heavy atom. The third kappa shape index (κ3) is 27.0. The molecule has 0 rings (SSSR count). The van der Waals surface area contributed by atoms with Gasteiger partial charge in [0.25, 0.3) is 0 Å². The summed E-state index contributed by atoms with van der Waals surface area (Å²) in [7, 11) is 1.69. The van der Waals surface area contributed by atoms with Gasteiger partial charge in [-0.25, -0.2) is 0 Å². The molecule has 0 saturated carbocycles. The molecule has 0 saturated heterocycles. The topological polar surface area (TPSA) is 38.4 Å². The quantitative estimate of drug-likeness (QED) is 0.585. The Bertz CT molecular complexity index is 93.7. The molecule has 0 atom stereocenters. The molecule has 0 amide bonds.